The molecule has 7 heteroatoms. The van der Waals surface area contributed by atoms with E-state index in [1.165, 1.54) is 6.26 Å². The number of rotatable bonds is 3. The fourth-order valence-corrected chi connectivity index (χ4v) is 3.79. The maximum atomic E-state index is 13.1. The summed E-state index contributed by atoms with van der Waals surface area (Å²) in [6.45, 7) is 0. The fourth-order valence-electron chi connectivity index (χ4n) is 3.79. The van der Waals surface area contributed by atoms with Gasteiger partial charge in [0.15, 0.2) is 12.3 Å². The SMILES string of the molecule is O=C1NC(c2ccccc2)OC(c2ccco2)C1N1C(=O)c2ccccc2C1=O. The summed E-state index contributed by atoms with van der Waals surface area (Å²) in [6.07, 6.45) is -0.210. The van der Waals surface area contributed by atoms with Crippen molar-refractivity contribution in [3.8, 4) is 0 Å². The number of hydrogen-bond acceptors (Lipinski definition) is 5. The second-order valence-electron chi connectivity index (χ2n) is 6.84. The zero-order chi connectivity index (χ0) is 20.0. The molecule has 3 unspecified atom stereocenters. The standard InChI is InChI=1S/C22H16N2O5/c25-19-17(24-21(26)14-9-4-5-10-15(14)22(24)27)18(16-11-6-12-28-16)29-20(23-19)13-7-2-1-3-8-13/h1-12,17-18,20H,(H,23,25). The second-order valence-corrected chi connectivity index (χ2v) is 6.84. The highest BCUT2D eigenvalue weighted by molar-refractivity contribution is 6.23. The number of amides is 3. The van der Waals surface area contributed by atoms with E-state index in [0.717, 1.165) is 10.5 Å². The van der Waals surface area contributed by atoms with Gasteiger partial charge in [-0.25, -0.2) is 0 Å². The first-order valence-electron chi connectivity index (χ1n) is 9.16. The Labute approximate surface area is 165 Å². The van der Waals surface area contributed by atoms with Crippen molar-refractivity contribution in [2.24, 2.45) is 0 Å². The smallest absolute Gasteiger partial charge is 0.262 e. The van der Waals surface area contributed by atoms with Gasteiger partial charge in [-0.1, -0.05) is 42.5 Å². The van der Waals surface area contributed by atoms with E-state index in [-0.39, 0.29) is 11.1 Å². The van der Waals surface area contributed by atoms with Crippen molar-refractivity contribution in [1.82, 2.24) is 10.2 Å². The predicted molar refractivity (Wildman–Crippen MR) is 101 cm³/mol. The number of fused-ring (bicyclic) bond motifs is 1. The third-order valence-electron chi connectivity index (χ3n) is 5.14. The van der Waals surface area contributed by atoms with Gasteiger partial charge in [0.1, 0.15) is 11.9 Å². The van der Waals surface area contributed by atoms with Gasteiger partial charge >= 0.3 is 0 Å². The minimum absolute atomic E-state index is 0.272. The van der Waals surface area contributed by atoms with E-state index in [1.54, 1.807) is 36.4 Å². The maximum absolute atomic E-state index is 13.1. The summed E-state index contributed by atoms with van der Waals surface area (Å²) in [4.78, 5) is 40.0. The van der Waals surface area contributed by atoms with Crippen LogP contribution in [0.3, 0.4) is 0 Å². The molecule has 144 valence electrons. The maximum Gasteiger partial charge on any atom is 0.262 e. The molecule has 0 aliphatic carbocycles. The Balaban J connectivity index is 1.55. The zero-order valence-electron chi connectivity index (χ0n) is 15.1. The topological polar surface area (TPSA) is 88.8 Å². The molecule has 3 atom stereocenters. The van der Waals surface area contributed by atoms with E-state index in [9.17, 15) is 14.4 Å². The molecule has 1 aromatic heterocycles. The van der Waals surface area contributed by atoms with Crippen LogP contribution in [0.2, 0.25) is 0 Å². The summed E-state index contributed by atoms with van der Waals surface area (Å²) >= 11 is 0. The van der Waals surface area contributed by atoms with Crippen LogP contribution < -0.4 is 5.32 Å². The van der Waals surface area contributed by atoms with Crippen LogP contribution in [0.15, 0.2) is 77.4 Å². The Morgan fingerprint density at radius 1 is 0.793 bits per heavy atom. The zero-order valence-corrected chi connectivity index (χ0v) is 15.1. The van der Waals surface area contributed by atoms with Gasteiger partial charge < -0.3 is 14.5 Å². The van der Waals surface area contributed by atoms with Gasteiger partial charge in [-0.15, -0.1) is 0 Å². The molecule has 3 aromatic rings. The summed E-state index contributed by atoms with van der Waals surface area (Å²) < 4.78 is 11.6. The molecule has 1 saturated heterocycles. The molecule has 1 fully saturated rings. The van der Waals surface area contributed by atoms with Gasteiger partial charge in [-0.3, -0.25) is 19.3 Å². The largest absolute Gasteiger partial charge is 0.466 e. The highest BCUT2D eigenvalue weighted by Crippen LogP contribution is 2.38. The molecule has 29 heavy (non-hydrogen) atoms. The molecule has 2 aliphatic heterocycles. The Kier molecular flexibility index (Phi) is 4.03. The Morgan fingerprint density at radius 3 is 2.07 bits per heavy atom. The lowest BCUT2D eigenvalue weighted by Crippen LogP contribution is -2.57. The van der Waals surface area contributed by atoms with Crippen LogP contribution in [-0.2, 0) is 9.53 Å². The summed E-state index contributed by atoms with van der Waals surface area (Å²) in [5, 5.41) is 2.77. The van der Waals surface area contributed by atoms with E-state index >= 15 is 0 Å². The van der Waals surface area contributed by atoms with Crippen LogP contribution >= 0.6 is 0 Å². The Morgan fingerprint density at radius 2 is 1.45 bits per heavy atom. The number of benzene rings is 2. The van der Waals surface area contributed by atoms with Crippen LogP contribution in [0.4, 0.5) is 0 Å². The van der Waals surface area contributed by atoms with E-state index < -0.39 is 36.1 Å². The van der Waals surface area contributed by atoms with Gasteiger partial charge in [-0.05, 0) is 24.3 Å². The first kappa shape index (κ1) is 17.4. The van der Waals surface area contributed by atoms with E-state index in [4.69, 9.17) is 9.15 Å². The molecule has 2 aliphatic rings. The summed E-state index contributed by atoms with van der Waals surface area (Å²) in [5.41, 5.74) is 1.29. The van der Waals surface area contributed by atoms with Crippen LogP contribution in [0.5, 0.6) is 0 Å². The normalized spacial score (nSPS) is 23.8. The molecule has 0 saturated carbocycles. The molecule has 3 heterocycles. The Bertz CT molecular complexity index is 1060. The molecule has 7 nitrogen and oxygen atoms in total. The first-order chi connectivity index (χ1) is 14.1. The summed E-state index contributed by atoms with van der Waals surface area (Å²) in [6, 6.07) is 17.8. The minimum atomic E-state index is -1.19. The molecule has 0 radical (unpaired) electrons. The lowest BCUT2D eigenvalue weighted by molar-refractivity contribution is -0.157. The molecule has 3 amide bonds. The second kappa shape index (κ2) is 6.72. The summed E-state index contributed by atoms with van der Waals surface area (Å²) in [7, 11) is 0. The number of hydrogen-bond donors (Lipinski definition) is 1. The third-order valence-corrected chi connectivity index (χ3v) is 5.14. The monoisotopic (exact) mass is 388 g/mol. The minimum Gasteiger partial charge on any atom is -0.466 e. The van der Waals surface area contributed by atoms with Crippen LogP contribution in [0.1, 0.15) is 44.4 Å². The van der Waals surface area contributed by atoms with Crippen LogP contribution in [-0.4, -0.2) is 28.7 Å². The number of nitrogens with one attached hydrogen (secondary N) is 1. The van der Waals surface area contributed by atoms with Gasteiger partial charge in [0, 0.05) is 5.56 Å². The average Bonchev–Trinajstić information content (AvgIpc) is 3.37. The predicted octanol–water partition coefficient (Wildman–Crippen LogP) is 2.83. The molecule has 5 rings (SSSR count). The number of carbonyl (C=O) groups excluding carboxylic acids is 3. The van der Waals surface area contributed by atoms with Gasteiger partial charge in [0.25, 0.3) is 11.8 Å². The van der Waals surface area contributed by atoms with Crippen molar-refractivity contribution in [3.05, 3.63) is 95.4 Å². The molecule has 0 bridgehead atoms. The molecule has 2 aromatic carbocycles. The van der Waals surface area contributed by atoms with Crippen molar-refractivity contribution < 1.29 is 23.5 Å². The highest BCUT2D eigenvalue weighted by Gasteiger charge is 2.51. The van der Waals surface area contributed by atoms with Crippen molar-refractivity contribution in [2.45, 2.75) is 18.4 Å². The van der Waals surface area contributed by atoms with Crippen molar-refractivity contribution >= 4 is 17.7 Å². The quantitative estimate of drug-likeness (QED) is 0.697. The van der Waals surface area contributed by atoms with E-state index in [0.29, 0.717) is 5.76 Å². The lowest BCUT2D eigenvalue weighted by atomic mass is 10.0. The third kappa shape index (κ3) is 2.75. The van der Waals surface area contributed by atoms with Gasteiger partial charge in [0.05, 0.1) is 17.4 Å². The number of imide groups is 1. The molecular formula is C22H16N2O5. The van der Waals surface area contributed by atoms with Crippen LogP contribution in [0, 0.1) is 0 Å². The number of furan rings is 1. The average molecular weight is 388 g/mol. The number of ether oxygens (including phenoxy) is 1. The molecular weight excluding hydrogens is 372 g/mol. The van der Waals surface area contributed by atoms with Crippen LogP contribution in [0.25, 0.3) is 0 Å². The highest BCUT2D eigenvalue weighted by atomic mass is 16.5. The van der Waals surface area contributed by atoms with E-state index in [2.05, 4.69) is 5.32 Å². The van der Waals surface area contributed by atoms with Gasteiger partial charge in [0.2, 0.25) is 5.91 Å². The summed E-state index contributed by atoms with van der Waals surface area (Å²) in [5.74, 6) is -1.17. The number of carbonyl (C=O) groups is 3. The molecule has 1 N–H and O–H groups in total. The van der Waals surface area contributed by atoms with Crippen molar-refractivity contribution in [3.63, 3.8) is 0 Å². The van der Waals surface area contributed by atoms with Crippen molar-refractivity contribution in [1.29, 1.82) is 0 Å². The van der Waals surface area contributed by atoms with Gasteiger partial charge in [-0.2, -0.15) is 0 Å². The fraction of sp³-hybridized carbons (Fsp3) is 0.136. The lowest BCUT2D eigenvalue weighted by Gasteiger charge is -2.38. The Hall–Kier alpha value is -3.71. The first-order valence-corrected chi connectivity index (χ1v) is 9.16. The molecule has 0 spiro atoms. The van der Waals surface area contributed by atoms with Crippen molar-refractivity contribution in [2.75, 3.05) is 0 Å². The van der Waals surface area contributed by atoms with E-state index in [1.807, 2.05) is 30.3 Å². The number of nitrogens with zero attached hydrogens (tertiary/aromatic N) is 1.